The molecule has 0 aliphatic rings. The topological polar surface area (TPSA) is 73.6 Å². The number of carbonyl (C=O) groups is 1. The number of benzene rings is 1. The zero-order valence-electron chi connectivity index (χ0n) is 13.7. The van der Waals surface area contributed by atoms with Crippen LogP contribution in [0.25, 0.3) is 11.3 Å². The first-order chi connectivity index (χ1) is 11.2. The van der Waals surface area contributed by atoms with Crippen LogP contribution in [0.15, 0.2) is 28.8 Å². The maximum absolute atomic E-state index is 11.6. The summed E-state index contributed by atoms with van der Waals surface area (Å²) in [6.07, 6.45) is 3.39. The third kappa shape index (κ3) is 4.48. The third-order valence-corrected chi connectivity index (χ3v) is 3.37. The van der Waals surface area contributed by atoms with Gasteiger partial charge >= 0.3 is 0 Å². The Kier molecular flexibility index (Phi) is 6.02. The summed E-state index contributed by atoms with van der Waals surface area (Å²) in [6, 6.07) is 5.48. The Morgan fingerprint density at radius 3 is 2.83 bits per heavy atom. The summed E-state index contributed by atoms with van der Waals surface area (Å²) < 4.78 is 16.3. The Morgan fingerprint density at radius 1 is 1.30 bits per heavy atom. The summed E-state index contributed by atoms with van der Waals surface area (Å²) in [5.41, 5.74) is 0.794. The highest BCUT2D eigenvalue weighted by molar-refractivity contribution is 5.76. The smallest absolute Gasteiger partial charge is 0.220 e. The van der Waals surface area contributed by atoms with Crippen LogP contribution < -0.4 is 14.8 Å². The number of methoxy groups -OCH3 is 2. The molecular weight excluding hydrogens is 296 g/mol. The fourth-order valence-electron chi connectivity index (χ4n) is 2.13. The Balaban J connectivity index is 2.06. The standard InChI is InChI=1S/C17H22N2O4/c1-4-9-18-16(20)7-8-17-19-11-15(23-17)13-6-5-12(21-2)10-14(13)22-3/h5-6,10-11H,4,7-9H2,1-3H3,(H,18,20). The highest BCUT2D eigenvalue weighted by atomic mass is 16.5. The minimum Gasteiger partial charge on any atom is -0.497 e. The molecule has 1 amide bonds. The Labute approximate surface area is 135 Å². The van der Waals surface area contributed by atoms with E-state index in [1.165, 1.54) is 0 Å². The lowest BCUT2D eigenvalue weighted by Crippen LogP contribution is -2.24. The second-order valence-corrected chi connectivity index (χ2v) is 5.03. The number of rotatable bonds is 8. The van der Waals surface area contributed by atoms with Crippen LogP contribution in [-0.2, 0) is 11.2 Å². The van der Waals surface area contributed by atoms with Gasteiger partial charge in [0.25, 0.3) is 0 Å². The van der Waals surface area contributed by atoms with Crippen LogP contribution in [0, 0.1) is 0 Å². The Hall–Kier alpha value is -2.50. The van der Waals surface area contributed by atoms with Gasteiger partial charge in [0, 0.05) is 25.5 Å². The number of carbonyl (C=O) groups excluding carboxylic acids is 1. The normalized spacial score (nSPS) is 10.4. The van der Waals surface area contributed by atoms with Crippen molar-refractivity contribution in [2.75, 3.05) is 20.8 Å². The highest BCUT2D eigenvalue weighted by Crippen LogP contribution is 2.33. The summed E-state index contributed by atoms with van der Waals surface area (Å²) in [5.74, 6) is 2.50. The van der Waals surface area contributed by atoms with Crippen LogP contribution in [0.3, 0.4) is 0 Å². The van der Waals surface area contributed by atoms with E-state index in [-0.39, 0.29) is 5.91 Å². The highest BCUT2D eigenvalue weighted by Gasteiger charge is 2.13. The average molecular weight is 318 g/mol. The van der Waals surface area contributed by atoms with E-state index < -0.39 is 0 Å². The van der Waals surface area contributed by atoms with Crippen LogP contribution in [0.1, 0.15) is 25.7 Å². The van der Waals surface area contributed by atoms with Crippen LogP contribution in [0.4, 0.5) is 0 Å². The van der Waals surface area contributed by atoms with Crippen LogP contribution in [0.5, 0.6) is 11.5 Å². The van der Waals surface area contributed by atoms with Gasteiger partial charge in [-0.1, -0.05) is 6.92 Å². The van der Waals surface area contributed by atoms with Crippen molar-refractivity contribution in [2.24, 2.45) is 0 Å². The van der Waals surface area contributed by atoms with Crippen molar-refractivity contribution in [3.05, 3.63) is 30.3 Å². The molecular formula is C17H22N2O4. The molecule has 0 radical (unpaired) electrons. The van der Waals surface area contributed by atoms with Gasteiger partial charge in [0.05, 0.1) is 26.0 Å². The number of amides is 1. The number of hydrogen-bond acceptors (Lipinski definition) is 5. The van der Waals surface area contributed by atoms with Gasteiger partial charge in [-0.3, -0.25) is 4.79 Å². The van der Waals surface area contributed by atoms with Crippen molar-refractivity contribution in [1.29, 1.82) is 0 Å². The fraction of sp³-hybridized carbons (Fsp3) is 0.412. The number of oxazole rings is 1. The summed E-state index contributed by atoms with van der Waals surface area (Å²) in [6.45, 7) is 2.71. The van der Waals surface area contributed by atoms with E-state index in [9.17, 15) is 4.79 Å². The van der Waals surface area contributed by atoms with E-state index in [2.05, 4.69) is 10.3 Å². The molecule has 0 saturated carbocycles. The molecule has 1 aromatic carbocycles. The molecule has 0 unspecified atom stereocenters. The summed E-state index contributed by atoms with van der Waals surface area (Å²) >= 11 is 0. The van der Waals surface area contributed by atoms with Crippen LogP contribution >= 0.6 is 0 Å². The molecule has 1 heterocycles. The molecule has 0 atom stereocenters. The monoisotopic (exact) mass is 318 g/mol. The average Bonchev–Trinajstić information content (AvgIpc) is 3.06. The van der Waals surface area contributed by atoms with E-state index in [0.29, 0.717) is 42.5 Å². The molecule has 0 fully saturated rings. The first kappa shape index (κ1) is 16.9. The lowest BCUT2D eigenvalue weighted by molar-refractivity contribution is -0.121. The molecule has 2 aromatic rings. The van der Waals surface area contributed by atoms with E-state index in [4.69, 9.17) is 13.9 Å². The maximum atomic E-state index is 11.6. The molecule has 0 spiro atoms. The minimum atomic E-state index is 0.00799. The molecule has 6 nitrogen and oxygen atoms in total. The SMILES string of the molecule is CCCNC(=O)CCc1ncc(-c2ccc(OC)cc2OC)o1. The van der Waals surface area contributed by atoms with Gasteiger partial charge < -0.3 is 19.2 Å². The quantitative estimate of drug-likeness (QED) is 0.810. The van der Waals surface area contributed by atoms with Crippen molar-refractivity contribution in [3.63, 3.8) is 0 Å². The van der Waals surface area contributed by atoms with Crippen molar-refractivity contribution < 1.29 is 18.7 Å². The minimum absolute atomic E-state index is 0.00799. The molecule has 0 aliphatic carbocycles. The lowest BCUT2D eigenvalue weighted by atomic mass is 10.1. The fourth-order valence-corrected chi connectivity index (χ4v) is 2.13. The zero-order chi connectivity index (χ0) is 16.7. The van der Waals surface area contributed by atoms with Gasteiger partial charge in [-0.15, -0.1) is 0 Å². The first-order valence-electron chi connectivity index (χ1n) is 7.61. The van der Waals surface area contributed by atoms with Crippen molar-refractivity contribution in [2.45, 2.75) is 26.2 Å². The molecule has 23 heavy (non-hydrogen) atoms. The molecule has 6 heteroatoms. The summed E-state index contributed by atoms with van der Waals surface area (Å²) in [7, 11) is 3.19. The maximum Gasteiger partial charge on any atom is 0.220 e. The molecule has 124 valence electrons. The van der Waals surface area contributed by atoms with E-state index in [1.54, 1.807) is 26.5 Å². The number of nitrogens with one attached hydrogen (secondary N) is 1. The largest absolute Gasteiger partial charge is 0.497 e. The number of nitrogens with zero attached hydrogens (tertiary/aromatic N) is 1. The lowest BCUT2D eigenvalue weighted by Gasteiger charge is -2.08. The van der Waals surface area contributed by atoms with Crippen molar-refractivity contribution >= 4 is 5.91 Å². The summed E-state index contributed by atoms with van der Waals surface area (Å²) in [5, 5.41) is 2.83. The van der Waals surface area contributed by atoms with E-state index in [1.807, 2.05) is 19.1 Å². The van der Waals surface area contributed by atoms with Crippen molar-refractivity contribution in [1.82, 2.24) is 10.3 Å². The van der Waals surface area contributed by atoms with Crippen LogP contribution in [0.2, 0.25) is 0 Å². The molecule has 1 N–H and O–H groups in total. The molecule has 0 aliphatic heterocycles. The van der Waals surface area contributed by atoms with Gasteiger partial charge in [0.2, 0.25) is 5.91 Å². The second kappa shape index (κ2) is 8.22. The number of hydrogen-bond donors (Lipinski definition) is 1. The van der Waals surface area contributed by atoms with Gasteiger partial charge in [-0.2, -0.15) is 0 Å². The molecule has 0 saturated heterocycles. The molecule has 0 bridgehead atoms. The number of aromatic nitrogens is 1. The third-order valence-electron chi connectivity index (χ3n) is 3.37. The van der Waals surface area contributed by atoms with E-state index >= 15 is 0 Å². The van der Waals surface area contributed by atoms with Crippen molar-refractivity contribution in [3.8, 4) is 22.8 Å². The molecule has 2 rings (SSSR count). The van der Waals surface area contributed by atoms with Gasteiger partial charge in [-0.05, 0) is 18.6 Å². The predicted molar refractivity (Wildman–Crippen MR) is 86.7 cm³/mol. The Morgan fingerprint density at radius 2 is 2.13 bits per heavy atom. The Bertz CT molecular complexity index is 652. The zero-order valence-corrected chi connectivity index (χ0v) is 13.7. The first-order valence-corrected chi connectivity index (χ1v) is 7.61. The number of aryl methyl sites for hydroxylation is 1. The summed E-state index contributed by atoms with van der Waals surface area (Å²) in [4.78, 5) is 15.8. The van der Waals surface area contributed by atoms with E-state index in [0.717, 1.165) is 12.0 Å². The number of ether oxygens (including phenoxy) is 2. The second-order valence-electron chi connectivity index (χ2n) is 5.03. The van der Waals surface area contributed by atoms with Gasteiger partial charge in [-0.25, -0.2) is 4.98 Å². The predicted octanol–water partition coefficient (Wildman–Crippen LogP) is 2.82. The van der Waals surface area contributed by atoms with Gasteiger partial charge in [0.15, 0.2) is 11.7 Å². The van der Waals surface area contributed by atoms with Crippen LogP contribution in [-0.4, -0.2) is 31.7 Å². The van der Waals surface area contributed by atoms with Gasteiger partial charge in [0.1, 0.15) is 11.5 Å². The molecule has 1 aromatic heterocycles.